The number of hydrogen-bond acceptors (Lipinski definition) is 4. The van der Waals surface area contributed by atoms with Crippen LogP contribution >= 0.6 is 0 Å². The van der Waals surface area contributed by atoms with Gasteiger partial charge in [-0.15, -0.1) is 0 Å². The molecular formula is C20H15NO5. The molecule has 0 saturated heterocycles. The second-order valence-electron chi connectivity index (χ2n) is 5.66. The monoisotopic (exact) mass is 349 g/mol. The van der Waals surface area contributed by atoms with Crippen LogP contribution in [0.4, 0.5) is 10.5 Å². The van der Waals surface area contributed by atoms with E-state index in [0.717, 1.165) is 16.7 Å². The van der Waals surface area contributed by atoms with Gasteiger partial charge in [-0.3, -0.25) is 10.1 Å². The van der Waals surface area contributed by atoms with Gasteiger partial charge in [0.15, 0.2) is 0 Å². The molecule has 0 aliphatic heterocycles. The van der Waals surface area contributed by atoms with Gasteiger partial charge in [0.25, 0.3) is 5.69 Å². The molecule has 26 heavy (non-hydrogen) atoms. The maximum absolute atomic E-state index is 11.0. The first-order valence-electron chi connectivity index (χ1n) is 7.85. The van der Waals surface area contributed by atoms with Gasteiger partial charge in [0, 0.05) is 24.1 Å². The predicted molar refractivity (Wildman–Crippen MR) is 96.4 cm³/mol. The number of nitrogens with zero attached hydrogens (tertiary/aromatic N) is 1. The maximum Gasteiger partial charge on any atom is 0.511 e. The van der Waals surface area contributed by atoms with Gasteiger partial charge in [-0.05, 0) is 22.8 Å². The number of carbonyl (C=O) groups is 1. The number of hydrogen-bond donors (Lipinski definition) is 1. The fourth-order valence-corrected chi connectivity index (χ4v) is 2.68. The molecule has 0 atom stereocenters. The van der Waals surface area contributed by atoms with Crippen molar-refractivity contribution in [3.63, 3.8) is 0 Å². The Kier molecular flexibility index (Phi) is 4.94. The van der Waals surface area contributed by atoms with Gasteiger partial charge in [0.1, 0.15) is 5.75 Å². The van der Waals surface area contributed by atoms with Crippen LogP contribution in [0.5, 0.6) is 5.75 Å². The van der Waals surface area contributed by atoms with Crippen molar-refractivity contribution in [1.29, 1.82) is 0 Å². The van der Waals surface area contributed by atoms with E-state index < -0.39 is 11.1 Å². The lowest BCUT2D eigenvalue weighted by Crippen LogP contribution is -2.06. The Morgan fingerprint density at radius 3 is 2.23 bits per heavy atom. The molecule has 0 fully saturated rings. The Bertz CT molecular complexity index is 936. The molecule has 6 heteroatoms. The highest BCUT2D eigenvalue weighted by Crippen LogP contribution is 2.28. The minimum Gasteiger partial charge on any atom is -0.449 e. The fourth-order valence-electron chi connectivity index (χ4n) is 2.68. The van der Waals surface area contributed by atoms with Crippen molar-refractivity contribution in [2.75, 3.05) is 0 Å². The molecule has 0 spiro atoms. The van der Waals surface area contributed by atoms with Gasteiger partial charge in [-0.2, -0.15) is 0 Å². The second-order valence-corrected chi connectivity index (χ2v) is 5.66. The summed E-state index contributed by atoms with van der Waals surface area (Å²) in [6, 6.07) is 21.5. The first kappa shape index (κ1) is 17.2. The molecule has 130 valence electrons. The highest BCUT2D eigenvalue weighted by Gasteiger charge is 2.14. The molecule has 6 nitrogen and oxygen atoms in total. The highest BCUT2D eigenvalue weighted by molar-refractivity contribution is 5.64. The molecule has 0 amide bonds. The average molecular weight is 349 g/mol. The SMILES string of the molecule is O=C(O)Oc1ccc([N+](=O)[O-])cc1Cc1ccc(-c2ccccc2)cc1. The summed E-state index contributed by atoms with van der Waals surface area (Å²) in [6.07, 6.45) is -1.14. The number of ether oxygens (including phenoxy) is 1. The molecule has 3 rings (SSSR count). The van der Waals surface area contributed by atoms with Crippen LogP contribution in [0.15, 0.2) is 72.8 Å². The smallest absolute Gasteiger partial charge is 0.449 e. The topological polar surface area (TPSA) is 89.7 Å². The van der Waals surface area contributed by atoms with Gasteiger partial charge in [0.05, 0.1) is 4.92 Å². The van der Waals surface area contributed by atoms with Gasteiger partial charge >= 0.3 is 6.16 Å². The van der Waals surface area contributed by atoms with Crippen LogP contribution in [-0.2, 0) is 6.42 Å². The maximum atomic E-state index is 11.0. The molecule has 0 unspecified atom stereocenters. The molecule has 0 radical (unpaired) electrons. The zero-order valence-corrected chi connectivity index (χ0v) is 13.7. The molecule has 0 saturated carbocycles. The van der Waals surface area contributed by atoms with E-state index in [1.165, 1.54) is 18.2 Å². The molecule has 0 aromatic heterocycles. The summed E-state index contributed by atoms with van der Waals surface area (Å²) in [5, 5.41) is 19.8. The number of nitro groups is 1. The van der Waals surface area contributed by atoms with Crippen LogP contribution in [0.2, 0.25) is 0 Å². The van der Waals surface area contributed by atoms with Gasteiger partial charge in [0.2, 0.25) is 0 Å². The summed E-state index contributed by atoms with van der Waals surface area (Å²) in [4.78, 5) is 21.3. The Morgan fingerprint density at radius 1 is 0.962 bits per heavy atom. The molecule has 0 heterocycles. The van der Waals surface area contributed by atoms with Crippen LogP contribution in [-0.4, -0.2) is 16.2 Å². The van der Waals surface area contributed by atoms with Crippen molar-refractivity contribution in [1.82, 2.24) is 0 Å². The quantitative estimate of drug-likeness (QED) is 0.306. The molecule has 0 aliphatic carbocycles. The Hall–Kier alpha value is -3.67. The fraction of sp³-hybridized carbons (Fsp3) is 0.0500. The first-order valence-corrected chi connectivity index (χ1v) is 7.85. The lowest BCUT2D eigenvalue weighted by Gasteiger charge is -2.09. The number of non-ortho nitro benzene ring substituents is 1. The number of carboxylic acid groups (broad SMARTS) is 1. The third kappa shape index (κ3) is 4.05. The molecule has 3 aromatic rings. The van der Waals surface area contributed by atoms with Gasteiger partial charge < -0.3 is 9.84 Å². The standard InChI is InChI=1S/C20H15NO5/c22-20(23)26-19-11-10-18(21(24)25)13-17(19)12-14-6-8-16(9-7-14)15-4-2-1-3-5-15/h1-11,13H,12H2,(H,22,23). The van der Waals surface area contributed by atoms with Crippen LogP contribution < -0.4 is 4.74 Å². The predicted octanol–water partition coefficient (Wildman–Crippen LogP) is 4.91. The van der Waals surface area contributed by atoms with Crippen molar-refractivity contribution >= 4 is 11.8 Å². The van der Waals surface area contributed by atoms with E-state index in [4.69, 9.17) is 9.84 Å². The molecular weight excluding hydrogens is 334 g/mol. The van der Waals surface area contributed by atoms with E-state index in [9.17, 15) is 14.9 Å². The summed E-state index contributed by atoms with van der Waals surface area (Å²) in [5.41, 5.74) is 3.35. The molecule has 3 aromatic carbocycles. The van der Waals surface area contributed by atoms with E-state index in [0.29, 0.717) is 12.0 Å². The van der Waals surface area contributed by atoms with E-state index in [1.807, 2.05) is 54.6 Å². The Labute approximate surface area is 149 Å². The van der Waals surface area contributed by atoms with E-state index in [-0.39, 0.29) is 11.4 Å². The third-order valence-corrected chi connectivity index (χ3v) is 3.91. The van der Waals surface area contributed by atoms with E-state index in [2.05, 4.69) is 0 Å². The minimum absolute atomic E-state index is 0.0928. The van der Waals surface area contributed by atoms with Gasteiger partial charge in [-0.25, -0.2) is 4.79 Å². The van der Waals surface area contributed by atoms with Crippen LogP contribution in [0.1, 0.15) is 11.1 Å². The number of benzene rings is 3. The molecule has 1 N–H and O–H groups in total. The van der Waals surface area contributed by atoms with Crippen LogP contribution in [0.3, 0.4) is 0 Å². The second kappa shape index (κ2) is 7.48. The summed E-state index contributed by atoms with van der Waals surface area (Å²) < 4.78 is 4.74. The van der Waals surface area contributed by atoms with Crippen molar-refractivity contribution in [2.24, 2.45) is 0 Å². The number of nitro benzene ring substituents is 1. The normalized spacial score (nSPS) is 10.3. The minimum atomic E-state index is -1.46. The van der Waals surface area contributed by atoms with Crippen molar-refractivity contribution in [2.45, 2.75) is 6.42 Å². The lowest BCUT2D eigenvalue weighted by molar-refractivity contribution is -0.384. The average Bonchev–Trinajstić information content (AvgIpc) is 2.64. The highest BCUT2D eigenvalue weighted by atomic mass is 16.7. The van der Waals surface area contributed by atoms with Crippen molar-refractivity contribution in [3.05, 3.63) is 94.0 Å². The summed E-state index contributed by atoms with van der Waals surface area (Å²) in [7, 11) is 0. The zero-order chi connectivity index (χ0) is 18.5. The first-order chi connectivity index (χ1) is 12.5. The Morgan fingerprint density at radius 2 is 1.62 bits per heavy atom. The van der Waals surface area contributed by atoms with Crippen molar-refractivity contribution < 1.29 is 19.6 Å². The Balaban J connectivity index is 1.88. The van der Waals surface area contributed by atoms with E-state index >= 15 is 0 Å². The zero-order valence-electron chi connectivity index (χ0n) is 13.7. The van der Waals surface area contributed by atoms with Gasteiger partial charge in [-0.1, -0.05) is 54.6 Å². The summed E-state index contributed by atoms with van der Waals surface area (Å²) >= 11 is 0. The van der Waals surface area contributed by atoms with E-state index in [1.54, 1.807) is 0 Å². The molecule has 0 aliphatic rings. The molecule has 0 bridgehead atoms. The summed E-state index contributed by atoms with van der Waals surface area (Å²) in [6.45, 7) is 0. The largest absolute Gasteiger partial charge is 0.511 e. The third-order valence-electron chi connectivity index (χ3n) is 3.91. The lowest BCUT2D eigenvalue weighted by atomic mass is 9.99. The van der Waals surface area contributed by atoms with Crippen molar-refractivity contribution in [3.8, 4) is 16.9 Å². The summed E-state index contributed by atoms with van der Waals surface area (Å²) in [5.74, 6) is 0.0928. The van der Waals surface area contributed by atoms with Crippen LogP contribution in [0, 0.1) is 10.1 Å². The van der Waals surface area contributed by atoms with Crippen LogP contribution in [0.25, 0.3) is 11.1 Å². The number of rotatable bonds is 5.